The zero-order valence-corrected chi connectivity index (χ0v) is 10.2. The molecule has 90 valence electrons. The fourth-order valence-corrected chi connectivity index (χ4v) is 1.60. The Balaban J connectivity index is 3.09. The molecule has 0 aliphatic rings. The largest absolute Gasteiger partial charge is 0.508 e. The molecule has 3 heteroatoms. The fraction of sp³-hybridized carbons (Fsp3) is 0.538. The van der Waals surface area contributed by atoms with Gasteiger partial charge >= 0.3 is 0 Å². The molecule has 1 unspecified atom stereocenters. The van der Waals surface area contributed by atoms with Crippen LogP contribution in [0, 0.1) is 0 Å². The van der Waals surface area contributed by atoms with E-state index in [1.165, 1.54) is 0 Å². The van der Waals surface area contributed by atoms with Crippen LogP contribution < -0.4 is 5.73 Å². The van der Waals surface area contributed by atoms with E-state index in [1.807, 2.05) is 12.1 Å². The Morgan fingerprint density at radius 2 is 1.94 bits per heavy atom. The number of aromatic hydroxyl groups is 1. The van der Waals surface area contributed by atoms with Gasteiger partial charge in [0.15, 0.2) is 0 Å². The summed E-state index contributed by atoms with van der Waals surface area (Å²) in [6, 6.07) is 5.37. The third-order valence-electron chi connectivity index (χ3n) is 2.69. The van der Waals surface area contributed by atoms with Crippen molar-refractivity contribution >= 4 is 0 Å². The van der Waals surface area contributed by atoms with E-state index in [-0.39, 0.29) is 11.2 Å². The first-order valence-corrected chi connectivity index (χ1v) is 5.58. The summed E-state index contributed by atoms with van der Waals surface area (Å²) in [5.41, 5.74) is 7.07. The molecule has 1 atom stereocenters. The maximum absolute atomic E-state index is 9.85. The lowest BCUT2D eigenvalue weighted by Gasteiger charge is -2.21. The summed E-state index contributed by atoms with van der Waals surface area (Å²) in [6.07, 6.45) is -0.228. The number of benzene rings is 1. The van der Waals surface area contributed by atoms with E-state index in [4.69, 9.17) is 5.73 Å². The van der Waals surface area contributed by atoms with E-state index >= 15 is 0 Å². The van der Waals surface area contributed by atoms with Crippen molar-refractivity contribution in [3.05, 3.63) is 29.3 Å². The Morgan fingerprint density at radius 1 is 1.31 bits per heavy atom. The molecule has 1 aromatic rings. The van der Waals surface area contributed by atoms with Gasteiger partial charge in [-0.15, -0.1) is 0 Å². The van der Waals surface area contributed by atoms with Crippen molar-refractivity contribution in [2.45, 2.75) is 38.7 Å². The van der Waals surface area contributed by atoms with Gasteiger partial charge in [-0.1, -0.05) is 26.8 Å². The molecular formula is C13H21NO2. The van der Waals surface area contributed by atoms with Crippen LogP contribution in [0.3, 0.4) is 0 Å². The number of aliphatic hydroxyl groups is 1. The van der Waals surface area contributed by atoms with E-state index in [1.54, 1.807) is 6.07 Å². The van der Waals surface area contributed by atoms with Crippen LogP contribution in [0.5, 0.6) is 5.75 Å². The normalized spacial score (nSPS) is 13.8. The van der Waals surface area contributed by atoms with E-state index in [0.29, 0.717) is 18.5 Å². The number of hydrogen-bond donors (Lipinski definition) is 3. The van der Waals surface area contributed by atoms with Crippen LogP contribution in [0.4, 0.5) is 0 Å². The Kier molecular flexibility index (Phi) is 3.94. The molecule has 0 fully saturated rings. The molecule has 4 N–H and O–H groups in total. The summed E-state index contributed by atoms with van der Waals surface area (Å²) >= 11 is 0. The first kappa shape index (κ1) is 13.0. The molecule has 0 bridgehead atoms. The van der Waals surface area contributed by atoms with Crippen molar-refractivity contribution in [2.24, 2.45) is 5.73 Å². The molecule has 0 heterocycles. The van der Waals surface area contributed by atoms with Gasteiger partial charge in [0.05, 0.1) is 6.10 Å². The zero-order chi connectivity index (χ0) is 12.3. The predicted octanol–water partition coefficient (Wildman–Crippen LogP) is 2.07. The minimum Gasteiger partial charge on any atom is -0.508 e. The van der Waals surface area contributed by atoms with Crippen LogP contribution in [-0.4, -0.2) is 16.8 Å². The molecule has 1 aromatic carbocycles. The lowest BCUT2D eigenvalue weighted by Crippen LogP contribution is -2.13. The summed E-state index contributed by atoms with van der Waals surface area (Å²) in [7, 11) is 0. The molecule has 0 amide bonds. The van der Waals surface area contributed by atoms with Crippen LogP contribution in [-0.2, 0) is 5.41 Å². The van der Waals surface area contributed by atoms with E-state index in [2.05, 4.69) is 20.8 Å². The first-order valence-electron chi connectivity index (χ1n) is 5.58. The summed E-state index contributed by atoms with van der Waals surface area (Å²) in [5.74, 6) is 0.133. The van der Waals surface area contributed by atoms with Crippen LogP contribution in [0.15, 0.2) is 18.2 Å². The summed E-state index contributed by atoms with van der Waals surface area (Å²) < 4.78 is 0. The standard InChI is InChI=1S/C13H21NO2/c1-13(2,3)9-4-5-11(15)10(8-9)12(16)6-7-14/h4-5,8,12,15-16H,6-7,14H2,1-3H3. The molecule has 16 heavy (non-hydrogen) atoms. The molecule has 0 aliphatic carbocycles. The van der Waals surface area contributed by atoms with Gasteiger partial charge in [-0.25, -0.2) is 0 Å². The van der Waals surface area contributed by atoms with Gasteiger partial charge in [0.25, 0.3) is 0 Å². The van der Waals surface area contributed by atoms with Crippen molar-refractivity contribution < 1.29 is 10.2 Å². The third-order valence-corrected chi connectivity index (χ3v) is 2.69. The Bertz CT molecular complexity index is 355. The highest BCUT2D eigenvalue weighted by Crippen LogP contribution is 2.31. The number of aliphatic hydroxyl groups excluding tert-OH is 1. The second-order valence-corrected chi connectivity index (χ2v) is 5.12. The van der Waals surface area contributed by atoms with Crippen molar-refractivity contribution in [3.63, 3.8) is 0 Å². The van der Waals surface area contributed by atoms with Gasteiger partial charge < -0.3 is 15.9 Å². The van der Waals surface area contributed by atoms with Crippen molar-refractivity contribution in [1.82, 2.24) is 0 Å². The highest BCUT2D eigenvalue weighted by molar-refractivity contribution is 5.40. The average molecular weight is 223 g/mol. The smallest absolute Gasteiger partial charge is 0.121 e. The minimum absolute atomic E-state index is 0.00485. The van der Waals surface area contributed by atoms with Gasteiger partial charge in [-0.2, -0.15) is 0 Å². The topological polar surface area (TPSA) is 66.5 Å². The number of nitrogens with two attached hydrogens (primary N) is 1. The molecule has 0 aromatic heterocycles. The molecule has 0 saturated heterocycles. The van der Waals surface area contributed by atoms with E-state index in [0.717, 1.165) is 5.56 Å². The van der Waals surface area contributed by atoms with Crippen LogP contribution in [0.1, 0.15) is 44.4 Å². The van der Waals surface area contributed by atoms with Crippen molar-refractivity contribution in [3.8, 4) is 5.75 Å². The molecule has 0 aliphatic heterocycles. The second-order valence-electron chi connectivity index (χ2n) is 5.12. The van der Waals surface area contributed by atoms with Crippen molar-refractivity contribution in [1.29, 1.82) is 0 Å². The summed E-state index contributed by atoms with van der Waals surface area (Å²) in [4.78, 5) is 0. The molecule has 1 rings (SSSR count). The highest BCUT2D eigenvalue weighted by atomic mass is 16.3. The van der Waals surface area contributed by atoms with Gasteiger partial charge in [0.1, 0.15) is 5.75 Å². The second kappa shape index (κ2) is 4.85. The van der Waals surface area contributed by atoms with Gasteiger partial charge in [-0.3, -0.25) is 0 Å². The molecule has 0 spiro atoms. The quantitative estimate of drug-likeness (QED) is 0.735. The maximum atomic E-state index is 9.85. The van der Waals surface area contributed by atoms with Gasteiger partial charge in [-0.05, 0) is 36.1 Å². The zero-order valence-electron chi connectivity index (χ0n) is 10.2. The van der Waals surface area contributed by atoms with E-state index in [9.17, 15) is 10.2 Å². The maximum Gasteiger partial charge on any atom is 0.121 e. The summed E-state index contributed by atoms with van der Waals surface area (Å²) in [6.45, 7) is 6.69. The molecule has 0 radical (unpaired) electrons. The van der Waals surface area contributed by atoms with Gasteiger partial charge in [0, 0.05) is 5.56 Å². The fourth-order valence-electron chi connectivity index (χ4n) is 1.60. The monoisotopic (exact) mass is 223 g/mol. The Morgan fingerprint density at radius 3 is 2.44 bits per heavy atom. The van der Waals surface area contributed by atoms with Gasteiger partial charge in [0.2, 0.25) is 0 Å². The number of hydrogen-bond acceptors (Lipinski definition) is 3. The highest BCUT2D eigenvalue weighted by Gasteiger charge is 2.18. The number of rotatable bonds is 3. The predicted molar refractivity (Wildman–Crippen MR) is 65.4 cm³/mol. The van der Waals surface area contributed by atoms with Crippen LogP contribution in [0.25, 0.3) is 0 Å². The summed E-state index contributed by atoms with van der Waals surface area (Å²) in [5, 5.41) is 19.5. The SMILES string of the molecule is CC(C)(C)c1ccc(O)c(C(O)CCN)c1. The lowest BCUT2D eigenvalue weighted by molar-refractivity contribution is 0.166. The minimum atomic E-state index is -0.688. The lowest BCUT2D eigenvalue weighted by atomic mass is 9.85. The molecule has 0 saturated carbocycles. The average Bonchev–Trinajstić information content (AvgIpc) is 2.16. The van der Waals surface area contributed by atoms with Crippen LogP contribution >= 0.6 is 0 Å². The first-order chi connectivity index (χ1) is 7.36. The number of phenols is 1. The Labute approximate surface area is 96.9 Å². The molecular weight excluding hydrogens is 202 g/mol. The Hall–Kier alpha value is -1.06. The van der Waals surface area contributed by atoms with Crippen molar-refractivity contribution in [2.75, 3.05) is 6.54 Å². The van der Waals surface area contributed by atoms with E-state index < -0.39 is 6.10 Å². The molecule has 3 nitrogen and oxygen atoms in total. The number of phenolic OH excluding ortho intramolecular Hbond substituents is 1. The third kappa shape index (κ3) is 2.97. The van der Waals surface area contributed by atoms with Crippen LogP contribution in [0.2, 0.25) is 0 Å².